The Morgan fingerprint density at radius 2 is 1.86 bits per heavy atom. The molecule has 6 aromatic rings. The van der Waals surface area contributed by atoms with Gasteiger partial charge in [0.25, 0.3) is 0 Å². The number of hydrogen-bond acceptors (Lipinski definition) is 10. The summed E-state index contributed by atoms with van der Waals surface area (Å²) in [6, 6.07) is 14.2. The Bertz CT molecular complexity index is 2680. The van der Waals surface area contributed by atoms with Crippen molar-refractivity contribution in [3.05, 3.63) is 93.8 Å². The molecule has 0 radical (unpaired) electrons. The minimum atomic E-state index is -0.807. The van der Waals surface area contributed by atoms with Crippen LogP contribution in [0.5, 0.6) is 0 Å². The lowest BCUT2D eigenvalue weighted by Gasteiger charge is -2.29. The zero-order chi connectivity index (χ0) is 39.6. The first kappa shape index (κ1) is 36.6. The summed E-state index contributed by atoms with van der Waals surface area (Å²) in [6.45, 7) is 7.62. The topological polar surface area (TPSA) is 150 Å². The number of aromatic amines is 1. The molecule has 2 atom stereocenters. The molecule has 0 spiro atoms. The van der Waals surface area contributed by atoms with Gasteiger partial charge in [-0.1, -0.05) is 30.3 Å². The molecule has 2 aliphatic heterocycles. The molecule has 14 heteroatoms. The predicted molar refractivity (Wildman–Crippen MR) is 211 cm³/mol. The molecule has 0 saturated carbocycles. The van der Waals surface area contributed by atoms with E-state index in [1.807, 2.05) is 30.3 Å². The molecule has 1 N–H and O–H groups in total. The van der Waals surface area contributed by atoms with Gasteiger partial charge in [-0.3, -0.25) is 9.69 Å². The number of pyridine rings is 3. The van der Waals surface area contributed by atoms with E-state index in [-0.39, 0.29) is 40.2 Å². The monoisotopic (exact) mass is 756 g/mol. The maximum atomic E-state index is 16.1. The van der Waals surface area contributed by atoms with Crippen molar-refractivity contribution in [2.24, 2.45) is 13.0 Å². The summed E-state index contributed by atoms with van der Waals surface area (Å²) < 4.78 is 28.9. The van der Waals surface area contributed by atoms with Crippen molar-refractivity contribution in [2.45, 2.75) is 45.4 Å². The van der Waals surface area contributed by atoms with Gasteiger partial charge in [0.1, 0.15) is 41.0 Å². The van der Waals surface area contributed by atoms with E-state index in [1.54, 1.807) is 50.8 Å². The third kappa shape index (κ3) is 6.27. The number of anilines is 2. The molecule has 2 saturated heterocycles. The molecular weight excluding hydrogens is 716 g/mol. The summed E-state index contributed by atoms with van der Waals surface area (Å²) >= 11 is 0. The predicted octanol–water partition coefficient (Wildman–Crippen LogP) is 6.51. The Morgan fingerprint density at radius 1 is 1.09 bits per heavy atom. The second kappa shape index (κ2) is 13.8. The van der Waals surface area contributed by atoms with E-state index in [9.17, 15) is 19.6 Å². The van der Waals surface area contributed by atoms with Crippen LogP contribution in [0.15, 0.2) is 65.8 Å². The maximum Gasteiger partial charge on any atom is 0.414 e. The molecule has 8 rings (SSSR count). The normalized spacial score (nSPS) is 17.1. The number of esters is 1. The summed E-state index contributed by atoms with van der Waals surface area (Å²) in [5, 5.41) is 11.4. The van der Waals surface area contributed by atoms with E-state index in [2.05, 4.69) is 27.9 Å². The van der Waals surface area contributed by atoms with Crippen LogP contribution in [0.3, 0.4) is 0 Å². The van der Waals surface area contributed by atoms with E-state index in [0.717, 1.165) is 31.1 Å². The maximum absolute atomic E-state index is 16.1. The number of amides is 1. The van der Waals surface area contributed by atoms with E-state index < -0.39 is 28.9 Å². The standard InChI is InChI=1S/C42H41FN8O5/c1-42(2,3)56-41(54)50(6)31-15-30(43)27(16-44)33-34-36(51-13-12-24-19-48(4)21-32(24)51)28(18-45-38(34)47-35(31)33)25-14-26-37(52)29(20-49(5)39(26)46-17-25)40(53)55-22-23-10-8-7-9-11-23/h7-11,14-15,17-18,20,24,32H,12-13,19,21-22H2,1-6H3,(H,45,47)/t24-,32+/m0/s1. The van der Waals surface area contributed by atoms with Gasteiger partial charge in [0.2, 0.25) is 5.43 Å². The van der Waals surface area contributed by atoms with E-state index in [1.165, 1.54) is 18.1 Å². The highest BCUT2D eigenvalue weighted by Gasteiger charge is 2.42. The Labute approximate surface area is 321 Å². The Kier molecular flexibility index (Phi) is 9.00. The largest absolute Gasteiger partial charge is 0.457 e. The van der Waals surface area contributed by atoms with Crippen molar-refractivity contribution in [1.82, 2.24) is 24.4 Å². The first-order chi connectivity index (χ1) is 26.7. The molecule has 1 amide bonds. The van der Waals surface area contributed by atoms with Crippen LogP contribution in [-0.2, 0) is 23.1 Å². The summed E-state index contributed by atoms with van der Waals surface area (Å²) in [5.41, 5.74) is 2.25. The van der Waals surface area contributed by atoms with E-state index in [0.29, 0.717) is 51.5 Å². The van der Waals surface area contributed by atoms with Crippen molar-refractivity contribution >= 4 is 56.4 Å². The van der Waals surface area contributed by atoms with Crippen LogP contribution in [0.25, 0.3) is 44.1 Å². The van der Waals surface area contributed by atoms with Gasteiger partial charge < -0.3 is 28.8 Å². The average Bonchev–Trinajstić information content (AvgIpc) is 3.86. The number of aromatic nitrogens is 4. The number of nitrogens with one attached hydrogen (secondary N) is 1. The fourth-order valence-electron chi connectivity index (χ4n) is 8.18. The van der Waals surface area contributed by atoms with Gasteiger partial charge in [0.15, 0.2) is 0 Å². The number of likely N-dealkylation sites (N-methyl/N-ethyl adjacent to an activating group) is 1. The first-order valence-electron chi connectivity index (χ1n) is 18.4. The minimum absolute atomic E-state index is 0.00651. The van der Waals surface area contributed by atoms with Crippen molar-refractivity contribution in [2.75, 3.05) is 43.5 Å². The third-order valence-corrected chi connectivity index (χ3v) is 10.7. The molecule has 2 aliphatic rings. The van der Waals surface area contributed by atoms with Crippen molar-refractivity contribution in [3.63, 3.8) is 0 Å². The molecule has 4 aromatic heterocycles. The zero-order valence-corrected chi connectivity index (χ0v) is 32.0. The minimum Gasteiger partial charge on any atom is -0.457 e. The number of aryl methyl sites for hydroxylation is 1. The second-order valence-electron chi connectivity index (χ2n) is 15.7. The molecule has 286 valence electrons. The lowest BCUT2D eigenvalue weighted by atomic mass is 9.98. The summed E-state index contributed by atoms with van der Waals surface area (Å²) in [5.74, 6) is -1.19. The second-order valence-corrected chi connectivity index (χ2v) is 15.7. The number of benzene rings is 2. The third-order valence-electron chi connectivity index (χ3n) is 10.7. The summed E-state index contributed by atoms with van der Waals surface area (Å²) in [6.07, 6.45) is 4.99. The van der Waals surface area contributed by atoms with Crippen molar-refractivity contribution in [3.8, 4) is 17.2 Å². The Hall–Kier alpha value is -6.33. The number of H-pyrrole nitrogens is 1. The number of carbonyl (C=O) groups excluding carboxylic acids is 2. The number of likely N-dealkylation sites (tertiary alicyclic amines) is 1. The van der Waals surface area contributed by atoms with Gasteiger partial charge >= 0.3 is 12.1 Å². The molecule has 2 fully saturated rings. The fraction of sp³-hybridized carbons (Fsp3) is 0.333. The Morgan fingerprint density at radius 3 is 2.59 bits per heavy atom. The number of nitrogens with zero attached hydrogens (tertiary/aromatic N) is 7. The summed E-state index contributed by atoms with van der Waals surface area (Å²) in [4.78, 5) is 59.2. The van der Waals surface area contributed by atoms with Crippen LogP contribution in [-0.4, -0.2) is 81.9 Å². The summed E-state index contributed by atoms with van der Waals surface area (Å²) in [7, 11) is 5.28. The van der Waals surface area contributed by atoms with Gasteiger partial charge in [-0.15, -0.1) is 0 Å². The van der Waals surface area contributed by atoms with Crippen LogP contribution in [0.2, 0.25) is 0 Å². The number of ether oxygens (including phenoxy) is 2. The number of rotatable bonds is 6. The average molecular weight is 757 g/mol. The smallest absolute Gasteiger partial charge is 0.414 e. The molecular formula is C42H41FN8O5. The van der Waals surface area contributed by atoms with Crippen LogP contribution >= 0.6 is 0 Å². The van der Waals surface area contributed by atoms with E-state index in [4.69, 9.17) is 19.4 Å². The van der Waals surface area contributed by atoms with Gasteiger partial charge in [-0.25, -0.2) is 23.9 Å². The quantitative estimate of drug-likeness (QED) is 0.187. The van der Waals surface area contributed by atoms with Crippen LogP contribution < -0.4 is 15.2 Å². The molecule has 13 nitrogen and oxygen atoms in total. The highest BCUT2D eigenvalue weighted by molar-refractivity contribution is 6.21. The first-order valence-corrected chi connectivity index (χ1v) is 18.4. The molecule has 6 heterocycles. The molecule has 0 unspecified atom stereocenters. The highest BCUT2D eigenvalue weighted by Crippen LogP contribution is 2.47. The number of halogens is 1. The van der Waals surface area contributed by atoms with Crippen LogP contribution in [0.4, 0.5) is 20.6 Å². The van der Waals surface area contributed by atoms with Gasteiger partial charge in [0, 0.05) is 80.9 Å². The highest BCUT2D eigenvalue weighted by atomic mass is 19.1. The van der Waals surface area contributed by atoms with Crippen LogP contribution in [0.1, 0.15) is 48.7 Å². The molecule has 56 heavy (non-hydrogen) atoms. The Balaban J connectivity index is 1.34. The lowest BCUT2D eigenvalue weighted by Crippen LogP contribution is -2.35. The van der Waals surface area contributed by atoms with Gasteiger partial charge in [-0.05, 0) is 51.8 Å². The number of fused-ring (bicyclic) bond motifs is 5. The van der Waals surface area contributed by atoms with Gasteiger partial charge in [-0.2, -0.15) is 5.26 Å². The number of carbonyl (C=O) groups is 2. The SMILES string of the molecule is CN1C[C@@H]2CCN(c3c(-c4cnc5c(c4)c(=O)c(C(=O)OCc4ccccc4)cn5C)cnc4[nH]c5c(N(C)C(=O)OC(C)(C)C)cc(F)c(C#N)c5c34)[C@@H]2C1. The van der Waals surface area contributed by atoms with Crippen molar-refractivity contribution < 1.29 is 23.5 Å². The number of hydrogen-bond donors (Lipinski definition) is 1. The molecule has 0 aliphatic carbocycles. The zero-order valence-electron chi connectivity index (χ0n) is 32.0. The van der Waals surface area contributed by atoms with E-state index >= 15 is 4.39 Å². The molecule has 0 bridgehead atoms. The fourth-order valence-corrected chi connectivity index (χ4v) is 8.18. The van der Waals surface area contributed by atoms with Crippen molar-refractivity contribution in [1.29, 1.82) is 5.26 Å². The number of nitriles is 1. The lowest BCUT2D eigenvalue weighted by molar-refractivity contribution is 0.0469. The van der Waals surface area contributed by atoms with Crippen LogP contribution in [0, 0.1) is 23.1 Å². The molecule has 2 aromatic carbocycles. The van der Waals surface area contributed by atoms with Gasteiger partial charge in [0.05, 0.1) is 33.2 Å².